The third-order valence-corrected chi connectivity index (χ3v) is 6.73. The Balaban J connectivity index is 1.31. The largest absolute Gasteiger partial charge is 0.354 e. The van der Waals surface area contributed by atoms with Crippen molar-refractivity contribution in [3.8, 4) is 33.8 Å². The van der Waals surface area contributed by atoms with Crippen LogP contribution in [0.4, 0.5) is 10.2 Å². The minimum Gasteiger partial charge on any atom is -0.354 e. The number of fused-ring (bicyclic) bond motifs is 1. The summed E-state index contributed by atoms with van der Waals surface area (Å²) in [6, 6.07) is 16.6. The highest BCUT2D eigenvalue weighted by molar-refractivity contribution is 5.94. The summed E-state index contributed by atoms with van der Waals surface area (Å²) >= 11 is 0. The molecule has 1 aliphatic rings. The zero-order valence-corrected chi connectivity index (χ0v) is 19.5. The molecule has 1 saturated heterocycles. The lowest BCUT2D eigenvalue weighted by Crippen LogP contribution is -2.46. The van der Waals surface area contributed by atoms with Crippen molar-refractivity contribution in [1.29, 1.82) is 0 Å². The maximum atomic E-state index is 13.9. The van der Waals surface area contributed by atoms with Gasteiger partial charge in [-0.05, 0) is 42.4 Å². The number of benzene rings is 2. The molecule has 35 heavy (non-hydrogen) atoms. The van der Waals surface area contributed by atoms with Crippen LogP contribution >= 0.6 is 0 Å². The molecule has 3 aromatic heterocycles. The number of nitrogens with zero attached hydrogens (tertiary/aromatic N) is 5. The van der Waals surface area contributed by atoms with E-state index in [9.17, 15) is 4.39 Å². The lowest BCUT2D eigenvalue weighted by atomic mass is 10.0. The van der Waals surface area contributed by atoms with Gasteiger partial charge in [0.15, 0.2) is 5.82 Å². The molecule has 5 aromatic rings. The standard InChI is InChI=1S/C27H26FN7/c1-2-34-11-13-35(14-12-34)24-10-9-19(16-29-24)22-17-30-33-26(22)27-31-23-8-4-7-21(25(23)32-27)18-5-3-6-20(28)15-18/h3-10,15-17H,2,11-14H2,1H3,(H,30,33)(H,31,32). The van der Waals surface area contributed by atoms with Gasteiger partial charge in [-0.1, -0.05) is 31.2 Å². The van der Waals surface area contributed by atoms with E-state index in [1.807, 2.05) is 30.5 Å². The van der Waals surface area contributed by atoms with E-state index in [4.69, 9.17) is 9.97 Å². The van der Waals surface area contributed by atoms with E-state index >= 15 is 0 Å². The second-order valence-electron chi connectivity index (χ2n) is 8.78. The van der Waals surface area contributed by atoms with Gasteiger partial charge in [0.05, 0.1) is 17.2 Å². The summed E-state index contributed by atoms with van der Waals surface area (Å²) in [5, 5.41) is 7.38. The second-order valence-corrected chi connectivity index (χ2v) is 8.78. The molecular formula is C27H26FN7. The van der Waals surface area contributed by atoms with E-state index in [2.05, 4.69) is 44.0 Å². The topological polar surface area (TPSA) is 76.7 Å². The van der Waals surface area contributed by atoms with Crippen molar-refractivity contribution >= 4 is 16.9 Å². The fourth-order valence-electron chi connectivity index (χ4n) is 4.75. The number of likely N-dealkylation sites (N-methyl/N-ethyl adjacent to an activating group) is 1. The van der Waals surface area contributed by atoms with Gasteiger partial charge in [0, 0.05) is 49.1 Å². The SMILES string of the molecule is CCN1CCN(c2ccc(-c3cn[nH]c3-c3nc4c(-c5cccc(F)c5)cccc4[nH]3)cn2)CC1. The van der Waals surface area contributed by atoms with Gasteiger partial charge >= 0.3 is 0 Å². The van der Waals surface area contributed by atoms with E-state index in [1.165, 1.54) is 12.1 Å². The molecule has 7 nitrogen and oxygen atoms in total. The minimum atomic E-state index is -0.269. The van der Waals surface area contributed by atoms with Crippen molar-refractivity contribution in [2.75, 3.05) is 37.6 Å². The Morgan fingerprint density at radius 3 is 2.54 bits per heavy atom. The van der Waals surface area contributed by atoms with Crippen molar-refractivity contribution in [1.82, 2.24) is 30.0 Å². The molecule has 0 spiro atoms. The molecule has 176 valence electrons. The van der Waals surface area contributed by atoms with Gasteiger partial charge in [-0.3, -0.25) is 5.10 Å². The van der Waals surface area contributed by atoms with Gasteiger partial charge in [0.2, 0.25) is 0 Å². The summed E-state index contributed by atoms with van der Waals surface area (Å²) in [6.45, 7) is 7.41. The van der Waals surface area contributed by atoms with Crippen molar-refractivity contribution in [2.24, 2.45) is 0 Å². The van der Waals surface area contributed by atoms with E-state index in [-0.39, 0.29) is 5.82 Å². The van der Waals surface area contributed by atoms with Crippen LogP contribution in [0.15, 0.2) is 67.0 Å². The number of piperazine rings is 1. The lowest BCUT2D eigenvalue weighted by molar-refractivity contribution is 0.270. The smallest absolute Gasteiger partial charge is 0.157 e. The Hall–Kier alpha value is -4.04. The fourth-order valence-corrected chi connectivity index (χ4v) is 4.75. The minimum absolute atomic E-state index is 0.269. The molecule has 0 saturated carbocycles. The van der Waals surface area contributed by atoms with Crippen LogP contribution in [0, 0.1) is 5.82 Å². The quantitative estimate of drug-likeness (QED) is 0.382. The number of halogens is 1. The van der Waals surface area contributed by atoms with Crippen LogP contribution in [-0.2, 0) is 0 Å². The van der Waals surface area contributed by atoms with Crippen LogP contribution < -0.4 is 4.90 Å². The van der Waals surface area contributed by atoms with E-state index in [0.717, 1.165) is 77.5 Å². The highest BCUT2D eigenvalue weighted by Crippen LogP contribution is 2.33. The number of hydrogen-bond donors (Lipinski definition) is 2. The highest BCUT2D eigenvalue weighted by Gasteiger charge is 2.19. The molecule has 0 aliphatic carbocycles. The summed E-state index contributed by atoms with van der Waals surface area (Å²) in [4.78, 5) is 17.8. The van der Waals surface area contributed by atoms with Gasteiger partial charge in [-0.25, -0.2) is 14.4 Å². The average molecular weight is 468 g/mol. The summed E-state index contributed by atoms with van der Waals surface area (Å²) < 4.78 is 13.9. The predicted octanol–water partition coefficient (Wildman–Crippen LogP) is 4.96. The third kappa shape index (κ3) is 4.06. The van der Waals surface area contributed by atoms with E-state index in [1.54, 1.807) is 12.3 Å². The Morgan fingerprint density at radius 2 is 1.77 bits per heavy atom. The molecule has 0 radical (unpaired) electrons. The first-order valence-corrected chi connectivity index (χ1v) is 11.9. The molecule has 0 bridgehead atoms. The number of rotatable bonds is 5. The zero-order chi connectivity index (χ0) is 23.8. The van der Waals surface area contributed by atoms with Crippen LogP contribution in [0.2, 0.25) is 0 Å². The first-order valence-electron chi connectivity index (χ1n) is 11.9. The molecule has 6 rings (SSSR count). The van der Waals surface area contributed by atoms with Crippen LogP contribution in [0.1, 0.15) is 6.92 Å². The number of H-pyrrole nitrogens is 2. The number of para-hydroxylation sites is 1. The molecule has 0 unspecified atom stereocenters. The molecule has 0 amide bonds. The van der Waals surface area contributed by atoms with E-state index in [0.29, 0.717) is 5.82 Å². The molecule has 8 heteroatoms. The molecule has 2 aromatic carbocycles. The first kappa shape index (κ1) is 21.5. The van der Waals surface area contributed by atoms with Crippen LogP contribution in [0.5, 0.6) is 0 Å². The Kier molecular flexibility index (Phi) is 5.50. The van der Waals surface area contributed by atoms with Gasteiger partial charge in [-0.15, -0.1) is 0 Å². The monoisotopic (exact) mass is 467 g/mol. The number of anilines is 1. The van der Waals surface area contributed by atoms with Gasteiger partial charge in [0.1, 0.15) is 17.3 Å². The Morgan fingerprint density at radius 1 is 0.914 bits per heavy atom. The summed E-state index contributed by atoms with van der Waals surface area (Å²) in [5.74, 6) is 1.41. The van der Waals surface area contributed by atoms with Gasteiger partial charge < -0.3 is 14.8 Å². The van der Waals surface area contributed by atoms with Gasteiger partial charge in [0.25, 0.3) is 0 Å². The summed E-state index contributed by atoms with van der Waals surface area (Å²) in [5.41, 5.74) is 6.01. The van der Waals surface area contributed by atoms with Crippen LogP contribution in [0.25, 0.3) is 44.8 Å². The lowest BCUT2D eigenvalue weighted by Gasteiger charge is -2.34. The summed E-state index contributed by atoms with van der Waals surface area (Å²) in [6.07, 6.45) is 3.70. The number of aromatic amines is 2. The number of hydrogen-bond acceptors (Lipinski definition) is 5. The number of pyridine rings is 1. The van der Waals surface area contributed by atoms with Crippen molar-refractivity contribution in [2.45, 2.75) is 6.92 Å². The van der Waals surface area contributed by atoms with E-state index < -0.39 is 0 Å². The molecule has 4 heterocycles. The second kappa shape index (κ2) is 8.96. The molecule has 0 atom stereocenters. The number of aromatic nitrogens is 5. The number of imidazole rings is 1. The van der Waals surface area contributed by atoms with Crippen molar-refractivity contribution in [3.63, 3.8) is 0 Å². The molecular weight excluding hydrogens is 441 g/mol. The highest BCUT2D eigenvalue weighted by atomic mass is 19.1. The first-order chi connectivity index (χ1) is 17.2. The molecule has 1 aliphatic heterocycles. The Labute approximate surface area is 202 Å². The van der Waals surface area contributed by atoms with Crippen LogP contribution in [-0.4, -0.2) is 62.8 Å². The Bertz CT molecular complexity index is 1460. The fraction of sp³-hybridized carbons (Fsp3) is 0.222. The van der Waals surface area contributed by atoms with Crippen molar-refractivity contribution in [3.05, 3.63) is 72.8 Å². The molecule has 2 N–H and O–H groups in total. The average Bonchev–Trinajstić information content (AvgIpc) is 3.56. The van der Waals surface area contributed by atoms with Crippen LogP contribution in [0.3, 0.4) is 0 Å². The molecule has 1 fully saturated rings. The maximum absolute atomic E-state index is 13.9. The normalized spacial score (nSPS) is 14.6. The maximum Gasteiger partial charge on any atom is 0.157 e. The van der Waals surface area contributed by atoms with Gasteiger partial charge in [-0.2, -0.15) is 5.10 Å². The number of nitrogens with one attached hydrogen (secondary N) is 2. The third-order valence-electron chi connectivity index (χ3n) is 6.73. The van der Waals surface area contributed by atoms with Crippen molar-refractivity contribution < 1.29 is 4.39 Å². The predicted molar refractivity (Wildman–Crippen MR) is 137 cm³/mol. The summed E-state index contributed by atoms with van der Waals surface area (Å²) in [7, 11) is 0. The zero-order valence-electron chi connectivity index (χ0n) is 19.5.